The fourth-order valence-electron chi connectivity index (χ4n) is 2.66. The number of carbonyl (C=O) groups excluding carboxylic acids is 2. The van der Waals surface area contributed by atoms with E-state index in [1.807, 2.05) is 49.4 Å². The zero-order chi connectivity index (χ0) is 19.2. The number of hydroxylamine groups is 1. The van der Waals surface area contributed by atoms with Crippen molar-refractivity contribution in [1.29, 1.82) is 0 Å². The Morgan fingerprint density at radius 2 is 1.48 bits per heavy atom. The summed E-state index contributed by atoms with van der Waals surface area (Å²) in [7, 11) is 0. The summed E-state index contributed by atoms with van der Waals surface area (Å²) in [4.78, 5) is 27.9. The molecule has 1 atom stereocenters. The van der Waals surface area contributed by atoms with E-state index in [0.717, 1.165) is 11.1 Å². The fraction of sp³-hybridized carbons (Fsp3) is 0.0952. The van der Waals surface area contributed by atoms with Gasteiger partial charge >= 0.3 is 0 Å². The van der Waals surface area contributed by atoms with E-state index in [9.17, 15) is 9.59 Å². The van der Waals surface area contributed by atoms with E-state index in [1.165, 1.54) is 12.3 Å². The predicted octanol–water partition coefficient (Wildman–Crippen LogP) is 3.36. The summed E-state index contributed by atoms with van der Waals surface area (Å²) in [5.41, 5.74) is 5.08. The number of carbonyl (C=O) groups is 2. The lowest BCUT2D eigenvalue weighted by Crippen LogP contribution is -2.27. The molecule has 0 unspecified atom stereocenters. The molecule has 2 aromatic carbocycles. The first-order valence-electron chi connectivity index (χ1n) is 8.45. The van der Waals surface area contributed by atoms with Crippen LogP contribution in [0.5, 0.6) is 0 Å². The second-order valence-electron chi connectivity index (χ2n) is 6.05. The fourth-order valence-corrected chi connectivity index (χ4v) is 2.66. The molecule has 3 aromatic rings. The molecule has 3 N–H and O–H groups in total. The van der Waals surface area contributed by atoms with Crippen molar-refractivity contribution in [2.45, 2.75) is 13.0 Å². The molecule has 0 aliphatic heterocycles. The average Bonchev–Trinajstić information content (AvgIpc) is 2.74. The number of hydrogen-bond acceptors (Lipinski definition) is 4. The lowest BCUT2D eigenvalue weighted by molar-refractivity contribution is 0.0705. The van der Waals surface area contributed by atoms with Gasteiger partial charge < -0.3 is 5.32 Å². The number of nitrogens with zero attached hydrogens (tertiary/aromatic N) is 1. The minimum Gasteiger partial charge on any atom is -0.344 e. The number of pyridine rings is 1. The van der Waals surface area contributed by atoms with E-state index in [2.05, 4.69) is 10.3 Å². The summed E-state index contributed by atoms with van der Waals surface area (Å²) >= 11 is 0. The maximum absolute atomic E-state index is 12.5. The van der Waals surface area contributed by atoms with E-state index in [-0.39, 0.29) is 17.5 Å². The number of aromatic nitrogens is 1. The Kier molecular flexibility index (Phi) is 5.58. The molecule has 0 bridgehead atoms. The number of hydrogen-bond donors (Lipinski definition) is 3. The quantitative estimate of drug-likeness (QED) is 0.480. The van der Waals surface area contributed by atoms with Crippen LogP contribution in [0.3, 0.4) is 0 Å². The van der Waals surface area contributed by atoms with Crippen LogP contribution < -0.4 is 10.8 Å². The van der Waals surface area contributed by atoms with Crippen LogP contribution in [-0.4, -0.2) is 22.0 Å². The molecule has 1 heterocycles. The van der Waals surface area contributed by atoms with Crippen LogP contribution in [0.25, 0.3) is 11.1 Å². The molecule has 6 nitrogen and oxygen atoms in total. The molecular weight excluding hydrogens is 342 g/mol. The van der Waals surface area contributed by atoms with Gasteiger partial charge in [-0.1, -0.05) is 42.5 Å². The van der Waals surface area contributed by atoms with Crippen LogP contribution in [0.15, 0.2) is 72.9 Å². The van der Waals surface area contributed by atoms with Gasteiger partial charge in [0.2, 0.25) is 0 Å². The van der Waals surface area contributed by atoms with Crippen molar-refractivity contribution in [3.05, 3.63) is 89.7 Å². The van der Waals surface area contributed by atoms with Crippen molar-refractivity contribution in [3.63, 3.8) is 0 Å². The highest BCUT2D eigenvalue weighted by Gasteiger charge is 2.13. The second kappa shape index (κ2) is 8.25. The molecule has 3 rings (SSSR count). The first-order valence-corrected chi connectivity index (χ1v) is 8.45. The van der Waals surface area contributed by atoms with Gasteiger partial charge in [0, 0.05) is 11.8 Å². The van der Waals surface area contributed by atoms with Gasteiger partial charge in [-0.2, -0.15) is 0 Å². The third kappa shape index (κ3) is 4.37. The van der Waals surface area contributed by atoms with Crippen molar-refractivity contribution in [2.75, 3.05) is 0 Å². The van der Waals surface area contributed by atoms with Crippen molar-refractivity contribution < 1.29 is 14.8 Å². The molecule has 0 aliphatic rings. The topological polar surface area (TPSA) is 91.3 Å². The van der Waals surface area contributed by atoms with Gasteiger partial charge in [0.1, 0.15) is 0 Å². The van der Waals surface area contributed by atoms with E-state index < -0.39 is 5.91 Å². The summed E-state index contributed by atoms with van der Waals surface area (Å²) in [5, 5.41) is 11.5. The normalized spacial score (nSPS) is 11.5. The van der Waals surface area contributed by atoms with Crippen LogP contribution in [0.1, 0.15) is 39.4 Å². The van der Waals surface area contributed by atoms with Crippen molar-refractivity contribution in [2.24, 2.45) is 0 Å². The first kappa shape index (κ1) is 18.3. The van der Waals surface area contributed by atoms with Crippen LogP contribution >= 0.6 is 0 Å². The number of amides is 2. The molecule has 0 saturated carbocycles. The van der Waals surface area contributed by atoms with Crippen LogP contribution in [0.2, 0.25) is 0 Å². The zero-order valence-electron chi connectivity index (χ0n) is 14.7. The second-order valence-corrected chi connectivity index (χ2v) is 6.05. The molecule has 0 aliphatic carbocycles. The van der Waals surface area contributed by atoms with Gasteiger partial charge in [-0.25, -0.2) is 5.48 Å². The third-order valence-corrected chi connectivity index (χ3v) is 4.20. The Hall–Kier alpha value is -3.51. The first-order chi connectivity index (χ1) is 13.1. The van der Waals surface area contributed by atoms with Crippen LogP contribution in [-0.2, 0) is 0 Å². The molecule has 27 heavy (non-hydrogen) atoms. The monoisotopic (exact) mass is 361 g/mol. The summed E-state index contributed by atoms with van der Waals surface area (Å²) in [6, 6.07) is 20.2. The molecule has 2 amide bonds. The van der Waals surface area contributed by atoms with Crippen LogP contribution in [0.4, 0.5) is 0 Å². The highest BCUT2D eigenvalue weighted by molar-refractivity contribution is 5.95. The van der Waals surface area contributed by atoms with Crippen molar-refractivity contribution in [1.82, 2.24) is 15.8 Å². The molecule has 0 fully saturated rings. The highest BCUT2D eigenvalue weighted by Crippen LogP contribution is 2.19. The number of benzene rings is 2. The predicted molar refractivity (Wildman–Crippen MR) is 101 cm³/mol. The van der Waals surface area contributed by atoms with Gasteiger partial charge in [-0.3, -0.25) is 19.8 Å². The SMILES string of the molecule is C[C@H](NC(=O)c1ccc(-c2ccccc2)cc1)c1ccc(C(=O)NO)cn1. The number of nitrogens with one attached hydrogen (secondary N) is 2. The highest BCUT2D eigenvalue weighted by atomic mass is 16.5. The Morgan fingerprint density at radius 1 is 0.852 bits per heavy atom. The number of rotatable bonds is 5. The van der Waals surface area contributed by atoms with Gasteiger partial charge in [0.05, 0.1) is 17.3 Å². The lowest BCUT2D eigenvalue weighted by atomic mass is 10.0. The Labute approximate surface area is 156 Å². The molecule has 1 aromatic heterocycles. The summed E-state index contributed by atoms with van der Waals surface area (Å²) in [5.74, 6) is -0.842. The average molecular weight is 361 g/mol. The minimum absolute atomic E-state index is 0.207. The summed E-state index contributed by atoms with van der Waals surface area (Å²) in [6.07, 6.45) is 1.35. The molecule has 0 saturated heterocycles. The summed E-state index contributed by atoms with van der Waals surface area (Å²) < 4.78 is 0. The van der Waals surface area contributed by atoms with Crippen molar-refractivity contribution >= 4 is 11.8 Å². The Morgan fingerprint density at radius 3 is 2.07 bits per heavy atom. The zero-order valence-corrected chi connectivity index (χ0v) is 14.7. The smallest absolute Gasteiger partial charge is 0.276 e. The summed E-state index contributed by atoms with van der Waals surface area (Å²) in [6.45, 7) is 1.81. The van der Waals surface area contributed by atoms with Gasteiger partial charge in [-0.15, -0.1) is 0 Å². The molecular formula is C21H19N3O3. The van der Waals surface area contributed by atoms with E-state index in [0.29, 0.717) is 11.3 Å². The maximum atomic E-state index is 12.5. The lowest BCUT2D eigenvalue weighted by Gasteiger charge is -2.14. The van der Waals surface area contributed by atoms with E-state index >= 15 is 0 Å². The van der Waals surface area contributed by atoms with Gasteiger partial charge in [0.15, 0.2) is 0 Å². The van der Waals surface area contributed by atoms with Gasteiger partial charge in [-0.05, 0) is 42.3 Å². The molecule has 0 spiro atoms. The Bertz CT molecular complexity index is 923. The molecule has 136 valence electrons. The standard InChI is InChI=1S/C21H19N3O3/c1-14(19-12-11-18(13-22-19)21(26)24-27)23-20(25)17-9-7-16(8-10-17)15-5-3-2-4-6-15/h2-14,27H,1H3,(H,23,25)(H,24,26)/t14-/m0/s1. The molecule has 6 heteroatoms. The van der Waals surface area contributed by atoms with Crippen LogP contribution in [0, 0.1) is 0 Å². The van der Waals surface area contributed by atoms with Gasteiger partial charge in [0.25, 0.3) is 11.8 Å². The largest absolute Gasteiger partial charge is 0.344 e. The minimum atomic E-state index is -0.635. The van der Waals surface area contributed by atoms with Crippen molar-refractivity contribution in [3.8, 4) is 11.1 Å². The van der Waals surface area contributed by atoms with E-state index in [1.54, 1.807) is 23.7 Å². The maximum Gasteiger partial charge on any atom is 0.276 e. The van der Waals surface area contributed by atoms with E-state index in [4.69, 9.17) is 5.21 Å². The molecule has 0 radical (unpaired) electrons. The Balaban J connectivity index is 1.67. The third-order valence-electron chi connectivity index (χ3n) is 4.20.